The second-order valence-corrected chi connectivity index (χ2v) is 12.4. The molecule has 8 atom stereocenters. The molecule has 0 bridgehead atoms. The molecule has 2 fully saturated rings. The van der Waals surface area contributed by atoms with Gasteiger partial charge in [-0.1, -0.05) is 28.6 Å². The molecule has 2 aliphatic heterocycles. The Labute approximate surface area is 268 Å². The molecule has 2 aliphatic rings. The lowest BCUT2D eigenvalue weighted by Crippen LogP contribution is -2.56. The van der Waals surface area contributed by atoms with Gasteiger partial charge < -0.3 is 29.5 Å². The quantitative estimate of drug-likeness (QED) is 0.177. The molecule has 4 aromatic rings. The van der Waals surface area contributed by atoms with Gasteiger partial charge in [-0.3, -0.25) is 0 Å². The van der Waals surface area contributed by atoms with Gasteiger partial charge in [-0.05, 0) is 18.2 Å². The molecule has 12 nitrogen and oxygen atoms in total. The van der Waals surface area contributed by atoms with E-state index in [0.717, 1.165) is 23.9 Å². The van der Waals surface area contributed by atoms with Gasteiger partial charge >= 0.3 is 0 Å². The first-order chi connectivity index (χ1) is 22.6. The molecular weight excluding hydrogens is 655 g/mol. The molecule has 0 radical (unpaired) electrons. The van der Waals surface area contributed by atoms with Crippen LogP contribution in [0.2, 0.25) is 0 Å². The molecule has 0 amide bonds. The summed E-state index contributed by atoms with van der Waals surface area (Å²) >= 11 is 1.13. The molecule has 4 heterocycles. The molecule has 2 aromatic carbocycles. The minimum absolute atomic E-state index is 0.0202. The van der Waals surface area contributed by atoms with Gasteiger partial charge in [-0.25, -0.2) is 31.3 Å². The van der Waals surface area contributed by atoms with Crippen LogP contribution in [0.1, 0.15) is 24.1 Å². The van der Waals surface area contributed by atoms with Crippen LogP contribution in [0.25, 0.3) is 22.5 Å². The lowest BCUT2D eigenvalue weighted by molar-refractivity contribution is -0.186. The van der Waals surface area contributed by atoms with E-state index in [4.69, 9.17) is 14.2 Å². The van der Waals surface area contributed by atoms with E-state index in [0.29, 0.717) is 11.3 Å². The normalized spacial score (nSPS) is 28.2. The van der Waals surface area contributed by atoms with Gasteiger partial charge in [0.05, 0.1) is 43.6 Å². The third kappa shape index (κ3) is 6.63. The van der Waals surface area contributed by atoms with Crippen LogP contribution in [0.4, 0.5) is 22.0 Å². The Bertz CT molecular complexity index is 1680. The average molecular weight is 685 g/mol. The minimum atomic E-state index is -2.66. The number of rotatable bonds is 9. The molecule has 3 N–H and O–H groups in total. The second kappa shape index (κ2) is 13.9. The van der Waals surface area contributed by atoms with Gasteiger partial charge in [-0.15, -0.1) is 22.0 Å². The fraction of sp³-hybridized carbons (Fsp3) is 0.448. The largest absolute Gasteiger partial charge is 0.394 e. The Balaban J connectivity index is 1.22. The molecule has 0 aliphatic carbocycles. The molecular formula is C29H29F5N6O6S. The van der Waals surface area contributed by atoms with Gasteiger partial charge in [-0.2, -0.15) is 0 Å². The van der Waals surface area contributed by atoms with Crippen molar-refractivity contribution in [3.8, 4) is 22.5 Å². The third-order valence-corrected chi connectivity index (χ3v) is 9.54. The molecule has 2 saturated heterocycles. The van der Waals surface area contributed by atoms with E-state index in [1.165, 1.54) is 47.1 Å². The highest BCUT2D eigenvalue weighted by Gasteiger charge is 2.49. The average Bonchev–Trinajstić information content (AvgIpc) is 3.76. The summed E-state index contributed by atoms with van der Waals surface area (Å²) in [5, 5.41) is 48.1. The van der Waals surface area contributed by atoms with Crippen molar-refractivity contribution >= 4 is 11.8 Å². The van der Waals surface area contributed by atoms with E-state index in [9.17, 15) is 37.3 Å². The maximum atomic E-state index is 13.9. The van der Waals surface area contributed by atoms with E-state index in [1.54, 1.807) is 6.07 Å². The lowest BCUT2D eigenvalue weighted by atomic mass is 9.97. The number of alkyl halides is 2. The van der Waals surface area contributed by atoms with Crippen LogP contribution in [0.5, 0.6) is 0 Å². The molecule has 252 valence electrons. The van der Waals surface area contributed by atoms with Crippen LogP contribution in [0.3, 0.4) is 0 Å². The SMILES string of the molecule is CO[C@@H]1[C@@H](n2cc(-c3cc(F)c(F)c(F)c3)nn2)[C@@H](O)[C@@H](CO)O[C@H]1S[C@@H]1COC[C@H](n2cc(-c3cccc(C(F)F)c3)nn2)[C@H]1O. The van der Waals surface area contributed by atoms with E-state index in [-0.39, 0.29) is 30.0 Å². The molecule has 0 spiro atoms. The Morgan fingerprint density at radius 1 is 0.957 bits per heavy atom. The fourth-order valence-corrected chi connectivity index (χ4v) is 7.16. The van der Waals surface area contributed by atoms with Crippen molar-refractivity contribution in [1.29, 1.82) is 0 Å². The van der Waals surface area contributed by atoms with Crippen molar-refractivity contribution in [3.63, 3.8) is 0 Å². The van der Waals surface area contributed by atoms with Crippen LogP contribution in [0.15, 0.2) is 48.8 Å². The summed E-state index contributed by atoms with van der Waals surface area (Å²) in [5.41, 5.74) is -0.447. The Morgan fingerprint density at radius 3 is 2.32 bits per heavy atom. The summed E-state index contributed by atoms with van der Waals surface area (Å²) in [7, 11) is 1.36. The van der Waals surface area contributed by atoms with E-state index in [2.05, 4.69) is 20.6 Å². The van der Waals surface area contributed by atoms with Gasteiger partial charge in [0.25, 0.3) is 6.43 Å². The van der Waals surface area contributed by atoms with Crippen molar-refractivity contribution in [3.05, 3.63) is 71.8 Å². The number of benzene rings is 2. The zero-order valence-electron chi connectivity index (χ0n) is 24.5. The maximum Gasteiger partial charge on any atom is 0.263 e. The van der Waals surface area contributed by atoms with E-state index >= 15 is 0 Å². The van der Waals surface area contributed by atoms with Crippen molar-refractivity contribution in [1.82, 2.24) is 30.0 Å². The lowest BCUT2D eigenvalue weighted by Gasteiger charge is -2.45. The third-order valence-electron chi connectivity index (χ3n) is 8.13. The number of methoxy groups -OCH3 is 1. The molecule has 2 aromatic heterocycles. The fourth-order valence-electron chi connectivity index (χ4n) is 5.66. The number of ether oxygens (including phenoxy) is 3. The highest BCUT2D eigenvalue weighted by molar-refractivity contribution is 8.00. The predicted octanol–water partition coefficient (Wildman–Crippen LogP) is 2.93. The van der Waals surface area contributed by atoms with Crippen molar-refractivity contribution < 1.29 is 51.5 Å². The zero-order valence-corrected chi connectivity index (χ0v) is 25.3. The number of aliphatic hydroxyl groups excluding tert-OH is 3. The van der Waals surface area contributed by atoms with E-state index < -0.39 is 77.7 Å². The number of thioether (sulfide) groups is 1. The monoisotopic (exact) mass is 684 g/mol. The first-order valence-corrected chi connectivity index (χ1v) is 15.3. The summed E-state index contributed by atoms with van der Waals surface area (Å²) in [4.78, 5) is 0. The summed E-state index contributed by atoms with van der Waals surface area (Å²) in [6, 6.07) is 5.51. The Kier molecular flexibility index (Phi) is 9.88. The Morgan fingerprint density at radius 2 is 1.64 bits per heavy atom. The zero-order chi connectivity index (χ0) is 33.4. The number of hydrogen-bond donors (Lipinski definition) is 3. The summed E-state index contributed by atoms with van der Waals surface area (Å²) in [5.74, 6) is -4.46. The smallest absolute Gasteiger partial charge is 0.263 e. The number of hydrogen-bond acceptors (Lipinski definition) is 11. The van der Waals surface area contributed by atoms with Crippen LogP contribution >= 0.6 is 11.8 Å². The predicted molar refractivity (Wildman–Crippen MR) is 155 cm³/mol. The Hall–Kier alpha value is -3.52. The number of aliphatic hydroxyl groups is 3. The molecule has 0 saturated carbocycles. The molecule has 0 unspecified atom stereocenters. The van der Waals surface area contributed by atoms with E-state index in [1.807, 2.05) is 0 Å². The molecule has 6 rings (SSSR count). The topological polar surface area (TPSA) is 150 Å². The van der Waals surface area contributed by atoms with Gasteiger partial charge in [0.15, 0.2) is 17.5 Å². The van der Waals surface area contributed by atoms with Gasteiger partial charge in [0.2, 0.25) is 0 Å². The summed E-state index contributed by atoms with van der Waals surface area (Å²) in [6.45, 7) is -0.436. The first kappa shape index (κ1) is 33.4. The van der Waals surface area contributed by atoms with Crippen molar-refractivity contribution in [2.24, 2.45) is 0 Å². The highest BCUT2D eigenvalue weighted by Crippen LogP contribution is 2.41. The number of halogens is 5. The summed E-state index contributed by atoms with van der Waals surface area (Å²) in [6.07, 6.45) is -4.37. The molecule has 47 heavy (non-hydrogen) atoms. The van der Waals surface area contributed by atoms with Gasteiger partial charge in [0.1, 0.15) is 47.2 Å². The number of aromatic nitrogens is 6. The van der Waals surface area contributed by atoms with Crippen LogP contribution in [-0.2, 0) is 14.2 Å². The van der Waals surface area contributed by atoms with Crippen molar-refractivity contribution in [2.75, 3.05) is 26.9 Å². The molecule has 18 heteroatoms. The minimum Gasteiger partial charge on any atom is -0.394 e. The van der Waals surface area contributed by atoms with Crippen LogP contribution in [-0.4, -0.2) is 107 Å². The van der Waals surface area contributed by atoms with Crippen molar-refractivity contribution in [2.45, 2.75) is 53.6 Å². The van der Waals surface area contributed by atoms with Crippen LogP contribution < -0.4 is 0 Å². The highest BCUT2D eigenvalue weighted by atomic mass is 32.2. The summed E-state index contributed by atoms with van der Waals surface area (Å²) < 4.78 is 87.8. The standard InChI is InChI=1S/C29H29F5N6O6S/c1-44-27-24(40-9-19(36-38-40)15-6-16(30)23(32)17(31)7-15)26(43)21(10-41)46-29(27)47-22-12-45-11-20(25(22)42)39-8-18(35-37-39)13-3-2-4-14(5-13)28(33)34/h2-9,20-22,24-29,41-43H,10-12H2,1H3/t20-,21+,22+,24-,25+,26-,27+,29-/m0/s1. The van der Waals surface area contributed by atoms with Crippen LogP contribution in [0, 0.1) is 17.5 Å². The maximum absolute atomic E-state index is 13.9. The number of nitrogens with zero attached hydrogens (tertiary/aromatic N) is 6. The van der Waals surface area contributed by atoms with Gasteiger partial charge in [0, 0.05) is 23.8 Å². The second-order valence-electron chi connectivity index (χ2n) is 11.0. The first-order valence-electron chi connectivity index (χ1n) is 14.3.